The number of rotatable bonds is 1. The number of nitrogens with two attached hydrogens (primary N) is 1. The van der Waals surface area contributed by atoms with Gasteiger partial charge in [-0.3, -0.25) is 4.40 Å². The van der Waals surface area contributed by atoms with Gasteiger partial charge in [0.2, 0.25) is 11.9 Å². The molecule has 0 amide bonds. The van der Waals surface area contributed by atoms with E-state index in [0.717, 1.165) is 29.0 Å². The zero-order valence-corrected chi connectivity index (χ0v) is 11.4. The Hall–Kier alpha value is -2.63. The van der Waals surface area contributed by atoms with Gasteiger partial charge < -0.3 is 10.5 Å². The topological polar surface area (TPSA) is 65.4 Å². The van der Waals surface area contributed by atoms with Crippen molar-refractivity contribution in [3.8, 4) is 17.1 Å². The molecule has 0 fully saturated rings. The predicted octanol–water partition coefficient (Wildman–Crippen LogP) is 2.36. The monoisotopic (exact) mass is 284 g/mol. The molecule has 0 saturated heterocycles. The van der Waals surface area contributed by atoms with E-state index in [-0.39, 0.29) is 5.95 Å². The number of ether oxygens (including phenoxy) is 1. The molecule has 21 heavy (non-hydrogen) atoms. The van der Waals surface area contributed by atoms with Crippen molar-refractivity contribution in [2.75, 3.05) is 12.3 Å². The van der Waals surface area contributed by atoms with Crippen LogP contribution >= 0.6 is 0 Å². The summed E-state index contributed by atoms with van der Waals surface area (Å²) in [7, 11) is 0. The van der Waals surface area contributed by atoms with Crippen LogP contribution in [0.4, 0.5) is 10.3 Å². The SMILES string of the molecule is Cc1nc(-c2cccc3c2CCO3)n2c(N)nc(F)cc12. The molecule has 106 valence electrons. The molecule has 0 bridgehead atoms. The first-order chi connectivity index (χ1) is 10.1. The van der Waals surface area contributed by atoms with Gasteiger partial charge in [-0.15, -0.1) is 0 Å². The Morgan fingerprint density at radius 3 is 3.05 bits per heavy atom. The van der Waals surface area contributed by atoms with Gasteiger partial charge in [-0.25, -0.2) is 4.98 Å². The average molecular weight is 284 g/mol. The minimum absolute atomic E-state index is 0.0946. The molecular formula is C15H13FN4O. The van der Waals surface area contributed by atoms with Crippen LogP contribution in [0.2, 0.25) is 0 Å². The highest BCUT2D eigenvalue weighted by Gasteiger charge is 2.21. The lowest BCUT2D eigenvalue weighted by Gasteiger charge is -2.08. The molecule has 0 unspecified atom stereocenters. The quantitative estimate of drug-likeness (QED) is 0.697. The van der Waals surface area contributed by atoms with Crippen LogP contribution in [0.25, 0.3) is 16.9 Å². The Kier molecular flexibility index (Phi) is 2.42. The number of nitrogens with zero attached hydrogens (tertiary/aromatic N) is 3. The molecule has 0 saturated carbocycles. The summed E-state index contributed by atoms with van der Waals surface area (Å²) < 4.78 is 20.7. The Labute approximate surface area is 120 Å². The van der Waals surface area contributed by atoms with Crippen LogP contribution in [0, 0.1) is 12.9 Å². The van der Waals surface area contributed by atoms with Gasteiger partial charge in [0, 0.05) is 23.6 Å². The second kappa shape index (κ2) is 4.18. The molecule has 2 aromatic heterocycles. The maximum atomic E-state index is 13.5. The van der Waals surface area contributed by atoms with E-state index in [0.29, 0.717) is 17.9 Å². The number of fused-ring (bicyclic) bond motifs is 2. The Bertz CT molecular complexity index is 872. The van der Waals surface area contributed by atoms with Gasteiger partial charge in [-0.05, 0) is 13.0 Å². The summed E-state index contributed by atoms with van der Waals surface area (Å²) in [5.41, 5.74) is 9.30. The van der Waals surface area contributed by atoms with Crippen LogP contribution in [0.15, 0.2) is 24.3 Å². The van der Waals surface area contributed by atoms with Crippen molar-refractivity contribution in [2.45, 2.75) is 13.3 Å². The predicted molar refractivity (Wildman–Crippen MR) is 76.7 cm³/mol. The van der Waals surface area contributed by atoms with E-state index in [9.17, 15) is 4.39 Å². The summed E-state index contributed by atoms with van der Waals surface area (Å²) >= 11 is 0. The van der Waals surface area contributed by atoms with E-state index >= 15 is 0 Å². The molecule has 0 aliphatic carbocycles. The molecule has 5 nitrogen and oxygen atoms in total. The molecule has 2 N–H and O–H groups in total. The molecule has 1 aliphatic rings. The Morgan fingerprint density at radius 1 is 1.33 bits per heavy atom. The lowest BCUT2D eigenvalue weighted by Crippen LogP contribution is -2.04. The number of aromatic nitrogens is 3. The van der Waals surface area contributed by atoms with E-state index in [1.54, 1.807) is 4.40 Å². The van der Waals surface area contributed by atoms with Gasteiger partial charge in [0.1, 0.15) is 11.6 Å². The first-order valence-corrected chi connectivity index (χ1v) is 6.71. The first-order valence-electron chi connectivity index (χ1n) is 6.71. The fraction of sp³-hybridized carbons (Fsp3) is 0.200. The van der Waals surface area contributed by atoms with Gasteiger partial charge in [0.25, 0.3) is 0 Å². The summed E-state index contributed by atoms with van der Waals surface area (Å²) in [4.78, 5) is 8.26. The highest BCUT2D eigenvalue weighted by Crippen LogP contribution is 2.35. The molecule has 3 heterocycles. The minimum Gasteiger partial charge on any atom is -0.493 e. The molecule has 6 heteroatoms. The maximum Gasteiger partial charge on any atom is 0.218 e. The maximum absolute atomic E-state index is 13.5. The van der Waals surface area contributed by atoms with Crippen LogP contribution in [0.1, 0.15) is 11.3 Å². The van der Waals surface area contributed by atoms with Gasteiger partial charge in [0.15, 0.2) is 0 Å². The number of benzene rings is 1. The van der Waals surface area contributed by atoms with Gasteiger partial charge in [-0.1, -0.05) is 12.1 Å². The van der Waals surface area contributed by atoms with Crippen molar-refractivity contribution in [3.63, 3.8) is 0 Å². The standard InChI is InChI=1S/C15H13FN4O/c1-8-11-7-13(16)19-15(17)20(11)14(18-8)10-3-2-4-12-9(10)5-6-21-12/h2-4,7H,5-6H2,1H3,(H2,17,19). The van der Waals surface area contributed by atoms with Gasteiger partial charge in [-0.2, -0.15) is 9.37 Å². The fourth-order valence-corrected chi connectivity index (χ4v) is 2.86. The number of hydrogen-bond donors (Lipinski definition) is 1. The van der Waals surface area contributed by atoms with Crippen molar-refractivity contribution in [1.29, 1.82) is 0 Å². The first kappa shape index (κ1) is 12.1. The highest BCUT2D eigenvalue weighted by atomic mass is 19.1. The number of imidazole rings is 1. The summed E-state index contributed by atoms with van der Waals surface area (Å²) in [5.74, 6) is 1.04. The second-order valence-corrected chi connectivity index (χ2v) is 5.06. The van der Waals surface area contributed by atoms with Crippen LogP contribution < -0.4 is 10.5 Å². The Balaban J connectivity index is 2.07. The largest absolute Gasteiger partial charge is 0.493 e. The normalized spacial score (nSPS) is 13.4. The van der Waals surface area contributed by atoms with E-state index < -0.39 is 5.95 Å². The number of hydrogen-bond acceptors (Lipinski definition) is 4. The summed E-state index contributed by atoms with van der Waals surface area (Å²) in [6, 6.07) is 7.19. The zero-order valence-electron chi connectivity index (χ0n) is 11.4. The summed E-state index contributed by atoms with van der Waals surface area (Å²) in [5, 5.41) is 0. The Morgan fingerprint density at radius 2 is 2.19 bits per heavy atom. The molecule has 1 aromatic carbocycles. The third-order valence-corrected chi connectivity index (χ3v) is 3.79. The van der Waals surface area contributed by atoms with Gasteiger partial charge >= 0.3 is 0 Å². The fourth-order valence-electron chi connectivity index (χ4n) is 2.86. The van der Waals surface area contributed by atoms with E-state index in [1.807, 2.05) is 25.1 Å². The van der Waals surface area contributed by atoms with Crippen molar-refractivity contribution in [2.24, 2.45) is 0 Å². The smallest absolute Gasteiger partial charge is 0.218 e. The van der Waals surface area contributed by atoms with E-state index in [1.165, 1.54) is 6.07 Å². The number of anilines is 1. The van der Waals surface area contributed by atoms with Crippen molar-refractivity contribution >= 4 is 11.5 Å². The summed E-state index contributed by atoms with van der Waals surface area (Å²) in [6.07, 6.45) is 0.827. The second-order valence-electron chi connectivity index (χ2n) is 5.06. The lowest BCUT2D eigenvalue weighted by atomic mass is 10.0. The van der Waals surface area contributed by atoms with Crippen LogP contribution in [-0.4, -0.2) is 21.0 Å². The number of aryl methyl sites for hydroxylation is 1. The van der Waals surface area contributed by atoms with Crippen molar-refractivity contribution < 1.29 is 9.13 Å². The molecule has 3 aromatic rings. The molecule has 1 aliphatic heterocycles. The minimum atomic E-state index is -0.601. The van der Waals surface area contributed by atoms with Crippen LogP contribution in [-0.2, 0) is 6.42 Å². The van der Waals surface area contributed by atoms with Crippen LogP contribution in [0.5, 0.6) is 5.75 Å². The van der Waals surface area contributed by atoms with Crippen LogP contribution in [0.3, 0.4) is 0 Å². The highest BCUT2D eigenvalue weighted by molar-refractivity contribution is 5.72. The molecule has 0 atom stereocenters. The summed E-state index contributed by atoms with van der Waals surface area (Å²) in [6.45, 7) is 2.49. The lowest BCUT2D eigenvalue weighted by molar-refractivity contribution is 0.357. The van der Waals surface area contributed by atoms with Crippen molar-refractivity contribution in [1.82, 2.24) is 14.4 Å². The van der Waals surface area contributed by atoms with Crippen molar-refractivity contribution in [3.05, 3.63) is 41.5 Å². The third-order valence-electron chi connectivity index (χ3n) is 3.79. The zero-order chi connectivity index (χ0) is 14.6. The van der Waals surface area contributed by atoms with E-state index in [2.05, 4.69) is 9.97 Å². The molecular weight excluding hydrogens is 271 g/mol. The average Bonchev–Trinajstić information content (AvgIpc) is 3.03. The molecule has 0 radical (unpaired) electrons. The number of halogens is 1. The number of nitrogen functional groups attached to an aromatic ring is 1. The third kappa shape index (κ3) is 1.68. The molecule has 0 spiro atoms. The van der Waals surface area contributed by atoms with Gasteiger partial charge in [0.05, 0.1) is 17.8 Å². The van der Waals surface area contributed by atoms with E-state index in [4.69, 9.17) is 10.5 Å². The molecule has 4 rings (SSSR count).